The second kappa shape index (κ2) is 5.01. The summed E-state index contributed by atoms with van der Waals surface area (Å²) in [4.78, 5) is 14.9. The van der Waals surface area contributed by atoms with Crippen molar-refractivity contribution in [3.63, 3.8) is 0 Å². The molecule has 0 N–H and O–H groups in total. The van der Waals surface area contributed by atoms with E-state index in [2.05, 4.69) is 4.98 Å². The van der Waals surface area contributed by atoms with Gasteiger partial charge in [-0.1, -0.05) is 0 Å². The van der Waals surface area contributed by atoms with Crippen LogP contribution in [0.4, 0.5) is 13.2 Å². The second-order valence-electron chi connectivity index (χ2n) is 3.81. The van der Waals surface area contributed by atoms with Crippen LogP contribution >= 0.6 is 11.6 Å². The van der Waals surface area contributed by atoms with Gasteiger partial charge in [0.25, 0.3) is 5.24 Å². The fraction of sp³-hybridized carbons (Fsp3) is 0.0769. The number of hydrogen-bond donors (Lipinski definition) is 0. The summed E-state index contributed by atoms with van der Waals surface area (Å²) < 4.78 is 38.3. The summed E-state index contributed by atoms with van der Waals surface area (Å²) in [5, 5.41) is -0.929. The van der Waals surface area contributed by atoms with Gasteiger partial charge in [-0.25, -0.2) is 0 Å². The van der Waals surface area contributed by atoms with Crippen molar-refractivity contribution in [1.29, 1.82) is 0 Å². The maximum absolute atomic E-state index is 12.8. The Morgan fingerprint density at radius 2 is 1.68 bits per heavy atom. The van der Waals surface area contributed by atoms with Crippen LogP contribution in [0.3, 0.4) is 0 Å². The van der Waals surface area contributed by atoms with Gasteiger partial charge in [-0.2, -0.15) is 13.2 Å². The van der Waals surface area contributed by atoms with Crippen molar-refractivity contribution in [3.05, 3.63) is 53.9 Å². The highest BCUT2D eigenvalue weighted by atomic mass is 35.5. The Bertz CT molecular complexity index is 611. The zero-order valence-electron chi connectivity index (χ0n) is 9.41. The maximum atomic E-state index is 12.8. The highest BCUT2D eigenvalue weighted by Gasteiger charge is 2.31. The summed E-state index contributed by atoms with van der Waals surface area (Å²) in [5.41, 5.74) is -0.310. The molecule has 0 unspecified atom stereocenters. The zero-order chi connectivity index (χ0) is 14.0. The summed E-state index contributed by atoms with van der Waals surface area (Å²) >= 11 is 5.27. The van der Waals surface area contributed by atoms with Crippen LogP contribution in [0.1, 0.15) is 15.9 Å². The Hall–Kier alpha value is -1.88. The number of nitrogens with zero attached hydrogens (tertiary/aromatic N) is 1. The predicted molar refractivity (Wildman–Crippen MR) is 64.9 cm³/mol. The molecule has 2 aromatic rings. The van der Waals surface area contributed by atoms with Gasteiger partial charge in [0, 0.05) is 18.0 Å². The van der Waals surface area contributed by atoms with Crippen LogP contribution in [-0.2, 0) is 6.18 Å². The van der Waals surface area contributed by atoms with E-state index in [0.29, 0.717) is 5.56 Å². The lowest BCUT2D eigenvalue weighted by atomic mass is 10.0. The van der Waals surface area contributed by atoms with Crippen LogP contribution in [0, 0.1) is 0 Å². The topological polar surface area (TPSA) is 30.0 Å². The third kappa shape index (κ3) is 3.12. The van der Waals surface area contributed by atoms with Gasteiger partial charge in [0.15, 0.2) is 0 Å². The normalized spacial score (nSPS) is 11.4. The van der Waals surface area contributed by atoms with Gasteiger partial charge < -0.3 is 0 Å². The Morgan fingerprint density at radius 3 is 2.21 bits per heavy atom. The van der Waals surface area contributed by atoms with Gasteiger partial charge >= 0.3 is 6.18 Å². The molecule has 0 spiro atoms. The minimum absolute atomic E-state index is 0.191. The summed E-state index contributed by atoms with van der Waals surface area (Å²) in [5.74, 6) is 0. The zero-order valence-corrected chi connectivity index (χ0v) is 10.2. The monoisotopic (exact) mass is 285 g/mol. The van der Waals surface area contributed by atoms with Crippen LogP contribution in [0.25, 0.3) is 11.1 Å². The standard InChI is InChI=1S/C13H7ClF3NO/c14-12(19)10-5-9(8-1-3-18-4-2-8)6-11(7-10)13(15,16)17/h1-7H. The smallest absolute Gasteiger partial charge is 0.276 e. The van der Waals surface area contributed by atoms with Crippen molar-refractivity contribution in [2.24, 2.45) is 0 Å². The highest BCUT2D eigenvalue weighted by Crippen LogP contribution is 2.33. The first-order valence-electron chi connectivity index (χ1n) is 5.20. The molecular weight excluding hydrogens is 279 g/mol. The minimum Gasteiger partial charge on any atom is -0.276 e. The van der Waals surface area contributed by atoms with Crippen molar-refractivity contribution in [2.45, 2.75) is 6.18 Å². The van der Waals surface area contributed by atoms with E-state index in [0.717, 1.165) is 12.1 Å². The molecule has 0 saturated heterocycles. The molecule has 0 fully saturated rings. The molecule has 0 amide bonds. The summed E-state index contributed by atoms with van der Waals surface area (Å²) in [6, 6.07) is 6.13. The quantitative estimate of drug-likeness (QED) is 0.776. The van der Waals surface area contributed by atoms with E-state index in [1.807, 2.05) is 0 Å². The Labute approximate surface area is 111 Å². The average molecular weight is 286 g/mol. The number of rotatable bonds is 2. The van der Waals surface area contributed by atoms with E-state index >= 15 is 0 Å². The SMILES string of the molecule is O=C(Cl)c1cc(-c2ccncc2)cc(C(F)(F)F)c1. The van der Waals surface area contributed by atoms with Gasteiger partial charge in [-0.15, -0.1) is 0 Å². The lowest BCUT2D eigenvalue weighted by molar-refractivity contribution is -0.137. The van der Waals surface area contributed by atoms with E-state index < -0.39 is 17.0 Å². The van der Waals surface area contributed by atoms with Gasteiger partial charge in [0.1, 0.15) is 0 Å². The Morgan fingerprint density at radius 1 is 1.05 bits per heavy atom. The molecular formula is C13H7ClF3NO. The third-order valence-corrected chi connectivity index (χ3v) is 2.72. The molecule has 6 heteroatoms. The molecule has 1 aromatic heterocycles. The molecule has 98 valence electrons. The first kappa shape index (κ1) is 13.5. The van der Waals surface area contributed by atoms with Crippen LogP contribution in [0.2, 0.25) is 0 Å². The summed E-state index contributed by atoms with van der Waals surface area (Å²) in [6.45, 7) is 0. The largest absolute Gasteiger partial charge is 0.416 e. The number of alkyl halides is 3. The Balaban J connectivity index is 2.62. The number of halogens is 4. The fourth-order valence-corrected chi connectivity index (χ4v) is 1.72. The van der Waals surface area contributed by atoms with Gasteiger partial charge in [-0.3, -0.25) is 9.78 Å². The first-order chi connectivity index (χ1) is 8.88. The Kier molecular flexibility index (Phi) is 3.57. The molecule has 1 aromatic carbocycles. The maximum Gasteiger partial charge on any atom is 0.416 e. The molecule has 0 aliphatic rings. The van der Waals surface area contributed by atoms with Gasteiger partial charge in [0.05, 0.1) is 5.56 Å². The van der Waals surface area contributed by atoms with Crippen molar-refractivity contribution >= 4 is 16.8 Å². The molecule has 0 saturated carbocycles. The molecule has 0 radical (unpaired) electrons. The van der Waals surface area contributed by atoms with E-state index in [-0.39, 0.29) is 11.1 Å². The van der Waals surface area contributed by atoms with Crippen molar-refractivity contribution in [2.75, 3.05) is 0 Å². The van der Waals surface area contributed by atoms with Crippen LogP contribution in [0.5, 0.6) is 0 Å². The predicted octanol–water partition coefficient (Wildman–Crippen LogP) is 4.15. The van der Waals surface area contributed by atoms with Gasteiger partial charge in [0.2, 0.25) is 0 Å². The van der Waals surface area contributed by atoms with Crippen molar-refractivity contribution < 1.29 is 18.0 Å². The fourth-order valence-electron chi connectivity index (χ4n) is 1.62. The number of carbonyl (C=O) groups excluding carboxylic acids is 1. The van der Waals surface area contributed by atoms with Crippen LogP contribution in [0.15, 0.2) is 42.7 Å². The number of carbonyl (C=O) groups is 1. The lowest BCUT2D eigenvalue weighted by Crippen LogP contribution is -2.06. The molecule has 19 heavy (non-hydrogen) atoms. The van der Waals surface area contributed by atoms with E-state index in [9.17, 15) is 18.0 Å². The van der Waals surface area contributed by atoms with Crippen molar-refractivity contribution in [1.82, 2.24) is 4.98 Å². The molecule has 0 aliphatic carbocycles. The minimum atomic E-state index is -4.54. The number of benzene rings is 1. The van der Waals surface area contributed by atoms with Crippen LogP contribution in [-0.4, -0.2) is 10.2 Å². The molecule has 2 rings (SSSR count). The van der Waals surface area contributed by atoms with Crippen molar-refractivity contribution in [3.8, 4) is 11.1 Å². The summed E-state index contributed by atoms with van der Waals surface area (Å²) in [6.07, 6.45) is -1.63. The molecule has 0 aliphatic heterocycles. The second-order valence-corrected chi connectivity index (χ2v) is 4.15. The van der Waals surface area contributed by atoms with Crippen LogP contribution < -0.4 is 0 Å². The number of pyridine rings is 1. The lowest BCUT2D eigenvalue weighted by Gasteiger charge is -2.10. The molecule has 0 atom stereocenters. The van der Waals surface area contributed by atoms with E-state index in [4.69, 9.17) is 11.6 Å². The molecule has 2 nitrogen and oxygen atoms in total. The van der Waals surface area contributed by atoms with Gasteiger partial charge in [-0.05, 0) is 53.1 Å². The molecule has 0 bridgehead atoms. The summed E-state index contributed by atoms with van der Waals surface area (Å²) in [7, 11) is 0. The van der Waals surface area contributed by atoms with E-state index in [1.165, 1.54) is 18.5 Å². The van der Waals surface area contributed by atoms with E-state index in [1.54, 1.807) is 12.1 Å². The third-order valence-electron chi connectivity index (χ3n) is 2.50. The average Bonchev–Trinajstić information content (AvgIpc) is 2.38. The number of hydrogen-bond acceptors (Lipinski definition) is 2. The first-order valence-corrected chi connectivity index (χ1v) is 5.58. The molecule has 1 heterocycles. The highest BCUT2D eigenvalue weighted by molar-refractivity contribution is 6.67. The number of aromatic nitrogens is 1.